The average molecular weight is 196 g/mol. The summed E-state index contributed by atoms with van der Waals surface area (Å²) in [4.78, 5) is 14.9. The van der Waals surface area contributed by atoms with Crippen molar-refractivity contribution in [2.45, 2.75) is 6.54 Å². The fraction of sp³-hybridized carbons (Fsp3) is 0.333. The lowest BCUT2D eigenvalue weighted by atomic mass is 10.3. The van der Waals surface area contributed by atoms with Gasteiger partial charge >= 0.3 is 6.09 Å². The van der Waals surface area contributed by atoms with Gasteiger partial charge in [0.1, 0.15) is 6.61 Å². The number of carbonyl (C=O) groups is 1. The third-order valence-electron chi connectivity index (χ3n) is 1.46. The molecule has 1 aromatic rings. The zero-order chi connectivity index (χ0) is 10.2. The first-order valence-electron chi connectivity index (χ1n) is 4.24. The topological polar surface area (TPSA) is 71.5 Å². The Bertz CT molecular complexity index is 277. The van der Waals surface area contributed by atoms with Crippen molar-refractivity contribution in [3.63, 3.8) is 0 Å². The van der Waals surface area contributed by atoms with E-state index >= 15 is 0 Å². The smallest absolute Gasteiger partial charge is 0.407 e. The van der Waals surface area contributed by atoms with Crippen LogP contribution in [0.4, 0.5) is 4.79 Å². The molecule has 0 aliphatic carbocycles. The van der Waals surface area contributed by atoms with Crippen LogP contribution in [0.15, 0.2) is 24.4 Å². The number of alkyl carbamates (subject to hydrolysis) is 1. The van der Waals surface area contributed by atoms with Gasteiger partial charge in [0.15, 0.2) is 0 Å². The minimum Gasteiger partial charge on any atom is -0.447 e. The van der Waals surface area contributed by atoms with Gasteiger partial charge in [-0.15, -0.1) is 0 Å². The van der Waals surface area contributed by atoms with Gasteiger partial charge in [0.05, 0.1) is 18.8 Å². The van der Waals surface area contributed by atoms with E-state index in [0.717, 1.165) is 5.69 Å². The number of nitrogens with zero attached hydrogens (tertiary/aromatic N) is 1. The highest BCUT2D eigenvalue weighted by atomic mass is 16.6. The molecule has 0 aliphatic rings. The van der Waals surface area contributed by atoms with E-state index in [0.29, 0.717) is 6.54 Å². The molecule has 76 valence electrons. The molecule has 0 unspecified atom stereocenters. The predicted molar refractivity (Wildman–Crippen MR) is 49.5 cm³/mol. The molecule has 1 rings (SSSR count). The largest absolute Gasteiger partial charge is 0.447 e. The number of hydrogen-bond donors (Lipinski definition) is 2. The van der Waals surface area contributed by atoms with Gasteiger partial charge in [0, 0.05) is 6.20 Å². The normalized spacial score (nSPS) is 9.50. The fourth-order valence-corrected chi connectivity index (χ4v) is 0.855. The number of amides is 1. The third kappa shape index (κ3) is 3.86. The first kappa shape index (κ1) is 10.5. The molecule has 0 atom stereocenters. The minimum atomic E-state index is -0.551. The minimum absolute atomic E-state index is 0.00799. The van der Waals surface area contributed by atoms with Crippen LogP contribution >= 0.6 is 0 Å². The van der Waals surface area contributed by atoms with E-state index in [1.54, 1.807) is 18.3 Å². The van der Waals surface area contributed by atoms with Crippen LogP contribution in [0.3, 0.4) is 0 Å². The number of aromatic nitrogens is 1. The fourth-order valence-electron chi connectivity index (χ4n) is 0.855. The number of nitrogens with one attached hydrogen (secondary N) is 1. The third-order valence-corrected chi connectivity index (χ3v) is 1.46. The van der Waals surface area contributed by atoms with Crippen LogP contribution < -0.4 is 5.32 Å². The van der Waals surface area contributed by atoms with E-state index in [4.69, 9.17) is 5.11 Å². The number of aliphatic hydroxyl groups is 1. The molecular weight excluding hydrogens is 184 g/mol. The van der Waals surface area contributed by atoms with E-state index < -0.39 is 6.09 Å². The molecule has 0 bridgehead atoms. The van der Waals surface area contributed by atoms with Crippen molar-refractivity contribution in [1.82, 2.24) is 10.3 Å². The molecule has 0 aromatic carbocycles. The number of ether oxygens (including phenoxy) is 1. The second kappa shape index (κ2) is 5.93. The van der Waals surface area contributed by atoms with Crippen molar-refractivity contribution >= 4 is 6.09 Å². The summed E-state index contributed by atoms with van der Waals surface area (Å²) in [6.45, 7) is 0.163. The van der Waals surface area contributed by atoms with E-state index in [-0.39, 0.29) is 13.2 Å². The molecule has 0 fully saturated rings. The quantitative estimate of drug-likeness (QED) is 0.726. The Kier molecular flexibility index (Phi) is 4.43. The molecule has 0 radical (unpaired) electrons. The van der Waals surface area contributed by atoms with Crippen molar-refractivity contribution < 1.29 is 14.6 Å². The Hall–Kier alpha value is -1.62. The zero-order valence-corrected chi connectivity index (χ0v) is 7.64. The van der Waals surface area contributed by atoms with Crippen LogP contribution in [-0.2, 0) is 11.3 Å². The average Bonchev–Trinajstić information content (AvgIpc) is 2.25. The molecule has 1 aromatic heterocycles. The van der Waals surface area contributed by atoms with Crippen molar-refractivity contribution in [2.75, 3.05) is 13.2 Å². The van der Waals surface area contributed by atoms with Gasteiger partial charge in [-0.1, -0.05) is 6.07 Å². The number of pyridine rings is 1. The highest BCUT2D eigenvalue weighted by molar-refractivity contribution is 5.67. The van der Waals surface area contributed by atoms with Crippen LogP contribution in [-0.4, -0.2) is 29.4 Å². The van der Waals surface area contributed by atoms with E-state index in [1.165, 1.54) is 0 Å². The molecule has 5 nitrogen and oxygen atoms in total. The van der Waals surface area contributed by atoms with Gasteiger partial charge < -0.3 is 15.2 Å². The van der Waals surface area contributed by atoms with Crippen LogP contribution in [0.25, 0.3) is 0 Å². The second-order valence-electron chi connectivity index (χ2n) is 2.53. The lowest BCUT2D eigenvalue weighted by molar-refractivity contribution is 0.118. The van der Waals surface area contributed by atoms with E-state index in [2.05, 4.69) is 15.0 Å². The molecule has 5 heteroatoms. The van der Waals surface area contributed by atoms with Crippen molar-refractivity contribution in [2.24, 2.45) is 0 Å². The standard InChI is InChI=1S/C9H12N2O3/c12-5-6-14-9(13)11-7-8-3-1-2-4-10-8/h1-4,12H,5-7H2,(H,11,13). The summed E-state index contributed by atoms with van der Waals surface area (Å²) in [5.74, 6) is 0. The summed E-state index contributed by atoms with van der Waals surface area (Å²) < 4.78 is 4.59. The number of hydrogen-bond acceptors (Lipinski definition) is 4. The molecule has 0 saturated carbocycles. The van der Waals surface area contributed by atoms with Gasteiger partial charge in [0.25, 0.3) is 0 Å². The number of carbonyl (C=O) groups excluding carboxylic acids is 1. The summed E-state index contributed by atoms with van der Waals surface area (Å²) in [6, 6.07) is 5.43. The van der Waals surface area contributed by atoms with Gasteiger partial charge in [-0.2, -0.15) is 0 Å². The van der Waals surface area contributed by atoms with Gasteiger partial charge in [0.2, 0.25) is 0 Å². The Morgan fingerprint density at radius 2 is 2.43 bits per heavy atom. The zero-order valence-electron chi connectivity index (χ0n) is 7.64. The lowest BCUT2D eigenvalue weighted by Gasteiger charge is -2.04. The summed E-state index contributed by atoms with van der Waals surface area (Å²) >= 11 is 0. The molecule has 2 N–H and O–H groups in total. The summed E-state index contributed by atoms with van der Waals surface area (Å²) in [5, 5.41) is 10.9. The Balaban J connectivity index is 2.24. The Morgan fingerprint density at radius 3 is 3.07 bits per heavy atom. The van der Waals surface area contributed by atoms with Gasteiger partial charge in [-0.3, -0.25) is 4.98 Å². The van der Waals surface area contributed by atoms with E-state index in [1.807, 2.05) is 6.07 Å². The highest BCUT2D eigenvalue weighted by Crippen LogP contribution is 1.92. The molecule has 0 saturated heterocycles. The van der Waals surface area contributed by atoms with Crippen LogP contribution in [0.1, 0.15) is 5.69 Å². The molecular formula is C9H12N2O3. The maximum absolute atomic E-state index is 10.9. The summed E-state index contributed by atoms with van der Waals surface area (Å²) in [6.07, 6.45) is 1.10. The molecule has 1 heterocycles. The maximum Gasteiger partial charge on any atom is 0.407 e. The predicted octanol–water partition coefficient (Wildman–Crippen LogP) is 0.300. The van der Waals surface area contributed by atoms with Crippen molar-refractivity contribution in [1.29, 1.82) is 0 Å². The number of rotatable bonds is 4. The SMILES string of the molecule is O=C(NCc1ccccn1)OCCO. The summed E-state index contributed by atoms with van der Waals surface area (Å²) in [5.41, 5.74) is 0.758. The molecule has 1 amide bonds. The molecule has 0 spiro atoms. The van der Waals surface area contributed by atoms with Crippen LogP contribution in [0.5, 0.6) is 0 Å². The van der Waals surface area contributed by atoms with E-state index in [9.17, 15) is 4.79 Å². The second-order valence-corrected chi connectivity index (χ2v) is 2.53. The van der Waals surface area contributed by atoms with Gasteiger partial charge in [-0.25, -0.2) is 4.79 Å². The van der Waals surface area contributed by atoms with Crippen molar-refractivity contribution in [3.8, 4) is 0 Å². The lowest BCUT2D eigenvalue weighted by Crippen LogP contribution is -2.25. The Morgan fingerprint density at radius 1 is 1.57 bits per heavy atom. The molecule has 14 heavy (non-hydrogen) atoms. The maximum atomic E-state index is 10.9. The summed E-state index contributed by atoms with van der Waals surface area (Å²) in [7, 11) is 0. The monoisotopic (exact) mass is 196 g/mol. The van der Waals surface area contributed by atoms with Crippen LogP contribution in [0, 0.1) is 0 Å². The Labute approximate surface area is 81.7 Å². The first-order valence-corrected chi connectivity index (χ1v) is 4.24. The number of aliphatic hydroxyl groups excluding tert-OH is 1. The van der Waals surface area contributed by atoms with Gasteiger partial charge in [-0.05, 0) is 12.1 Å². The van der Waals surface area contributed by atoms with Crippen LogP contribution in [0.2, 0.25) is 0 Å². The van der Waals surface area contributed by atoms with Crippen molar-refractivity contribution in [3.05, 3.63) is 30.1 Å². The first-order chi connectivity index (χ1) is 6.83. The highest BCUT2D eigenvalue weighted by Gasteiger charge is 2.00. The molecule has 0 aliphatic heterocycles.